The van der Waals surface area contributed by atoms with Crippen molar-refractivity contribution in [3.05, 3.63) is 11.7 Å². The number of hydrogen-bond acceptors (Lipinski definition) is 5. The van der Waals surface area contributed by atoms with Crippen molar-refractivity contribution in [2.75, 3.05) is 32.7 Å². The first-order valence-corrected chi connectivity index (χ1v) is 9.10. The zero-order valence-corrected chi connectivity index (χ0v) is 13.7. The summed E-state index contributed by atoms with van der Waals surface area (Å²) < 4.78 is 5.26. The van der Waals surface area contributed by atoms with Crippen molar-refractivity contribution in [3.8, 4) is 0 Å². The van der Waals surface area contributed by atoms with Gasteiger partial charge in [-0.25, -0.2) is 0 Å². The summed E-state index contributed by atoms with van der Waals surface area (Å²) in [5, 5.41) is 4.02. The van der Waals surface area contributed by atoms with Gasteiger partial charge in [0.05, 0.1) is 0 Å². The first kappa shape index (κ1) is 15.1. The minimum absolute atomic E-state index is 0.276. The van der Waals surface area contributed by atoms with E-state index in [9.17, 15) is 4.79 Å². The quantitative estimate of drug-likeness (QED) is 0.767. The predicted octanol–water partition coefficient (Wildman–Crippen LogP) is 1.82. The van der Waals surface area contributed by atoms with E-state index in [2.05, 4.69) is 15.0 Å². The molecule has 0 unspecified atom stereocenters. The SMILES string of the molecule is O=C(CCCc1nc(C2CC2)no1)N1CCN(CC2CC2)CC1. The van der Waals surface area contributed by atoms with Gasteiger partial charge in [0.15, 0.2) is 5.82 Å². The largest absolute Gasteiger partial charge is 0.340 e. The van der Waals surface area contributed by atoms with Gasteiger partial charge in [0, 0.05) is 51.5 Å². The van der Waals surface area contributed by atoms with Crippen LogP contribution < -0.4 is 0 Å². The predicted molar refractivity (Wildman–Crippen MR) is 85.0 cm³/mol. The lowest BCUT2D eigenvalue weighted by Gasteiger charge is -2.34. The summed E-state index contributed by atoms with van der Waals surface area (Å²) in [6, 6.07) is 0. The van der Waals surface area contributed by atoms with Gasteiger partial charge in [-0.1, -0.05) is 5.16 Å². The second kappa shape index (κ2) is 6.59. The second-order valence-corrected chi connectivity index (χ2v) is 7.30. The third-order valence-corrected chi connectivity index (χ3v) is 5.15. The van der Waals surface area contributed by atoms with E-state index in [0.717, 1.165) is 44.3 Å². The molecule has 0 N–H and O–H groups in total. The molecule has 0 atom stereocenters. The Balaban J connectivity index is 1.15. The lowest BCUT2D eigenvalue weighted by atomic mass is 10.2. The van der Waals surface area contributed by atoms with E-state index >= 15 is 0 Å². The highest BCUT2D eigenvalue weighted by Crippen LogP contribution is 2.38. The number of carbonyl (C=O) groups is 1. The highest BCUT2D eigenvalue weighted by atomic mass is 16.5. The number of hydrogen-bond donors (Lipinski definition) is 0. The number of aromatic nitrogens is 2. The lowest BCUT2D eigenvalue weighted by Crippen LogP contribution is -2.49. The molecule has 1 aromatic rings. The average molecular weight is 318 g/mol. The second-order valence-electron chi connectivity index (χ2n) is 7.30. The van der Waals surface area contributed by atoms with Crippen LogP contribution in [0.4, 0.5) is 0 Å². The molecule has 3 fully saturated rings. The van der Waals surface area contributed by atoms with E-state index in [0.29, 0.717) is 24.7 Å². The molecule has 2 aliphatic carbocycles. The number of amides is 1. The summed E-state index contributed by atoms with van der Waals surface area (Å²) in [7, 11) is 0. The van der Waals surface area contributed by atoms with Crippen LogP contribution in [0.15, 0.2) is 4.52 Å². The van der Waals surface area contributed by atoms with Crippen molar-refractivity contribution in [3.63, 3.8) is 0 Å². The lowest BCUT2D eigenvalue weighted by molar-refractivity contribution is -0.133. The number of rotatable bonds is 7. The fraction of sp³-hybridized carbons (Fsp3) is 0.824. The van der Waals surface area contributed by atoms with Gasteiger partial charge in [-0.05, 0) is 38.0 Å². The van der Waals surface area contributed by atoms with Gasteiger partial charge in [0.1, 0.15) is 0 Å². The summed E-state index contributed by atoms with van der Waals surface area (Å²) in [5.41, 5.74) is 0. The maximum Gasteiger partial charge on any atom is 0.226 e. The van der Waals surface area contributed by atoms with Crippen molar-refractivity contribution < 1.29 is 9.32 Å². The van der Waals surface area contributed by atoms with Gasteiger partial charge in [-0.3, -0.25) is 9.69 Å². The van der Waals surface area contributed by atoms with Crippen molar-refractivity contribution in [2.24, 2.45) is 5.92 Å². The van der Waals surface area contributed by atoms with Crippen LogP contribution >= 0.6 is 0 Å². The van der Waals surface area contributed by atoms with Crippen LogP contribution in [-0.4, -0.2) is 58.6 Å². The highest BCUT2D eigenvalue weighted by Gasteiger charge is 2.29. The zero-order chi connectivity index (χ0) is 15.6. The molecule has 1 aromatic heterocycles. The Morgan fingerprint density at radius 3 is 2.61 bits per heavy atom. The summed E-state index contributed by atoms with van der Waals surface area (Å²) in [6.07, 6.45) is 7.27. The molecule has 0 spiro atoms. The number of aryl methyl sites for hydroxylation is 1. The van der Waals surface area contributed by atoms with Gasteiger partial charge in [0.2, 0.25) is 11.8 Å². The molecule has 4 rings (SSSR count). The minimum Gasteiger partial charge on any atom is -0.340 e. The first-order valence-electron chi connectivity index (χ1n) is 9.10. The molecule has 0 aromatic carbocycles. The normalized spacial score (nSPS) is 22.5. The van der Waals surface area contributed by atoms with Crippen LogP contribution in [0, 0.1) is 5.92 Å². The Morgan fingerprint density at radius 1 is 1.13 bits per heavy atom. The average Bonchev–Trinajstić information content (AvgIpc) is 3.49. The molecule has 0 radical (unpaired) electrons. The van der Waals surface area contributed by atoms with Gasteiger partial charge in [0.25, 0.3) is 0 Å². The summed E-state index contributed by atoms with van der Waals surface area (Å²) in [5.74, 6) is 3.29. The molecule has 1 aliphatic heterocycles. The van der Waals surface area contributed by atoms with Gasteiger partial charge >= 0.3 is 0 Å². The molecule has 23 heavy (non-hydrogen) atoms. The van der Waals surface area contributed by atoms with Crippen LogP contribution in [0.25, 0.3) is 0 Å². The van der Waals surface area contributed by atoms with E-state index in [1.165, 1.54) is 32.2 Å². The molecule has 2 saturated carbocycles. The summed E-state index contributed by atoms with van der Waals surface area (Å²) in [4.78, 5) is 21.2. The number of carbonyl (C=O) groups excluding carboxylic acids is 1. The Labute approximate surface area is 137 Å². The Bertz CT molecular complexity index is 543. The van der Waals surface area contributed by atoms with Gasteiger partial charge in [-0.15, -0.1) is 0 Å². The molecule has 3 aliphatic rings. The molecule has 0 bridgehead atoms. The maximum atomic E-state index is 12.3. The number of piperazine rings is 1. The summed E-state index contributed by atoms with van der Waals surface area (Å²) in [6.45, 7) is 5.09. The topological polar surface area (TPSA) is 62.5 Å². The van der Waals surface area contributed by atoms with Crippen LogP contribution in [-0.2, 0) is 11.2 Å². The van der Waals surface area contributed by atoms with Crippen LogP contribution in [0.2, 0.25) is 0 Å². The smallest absolute Gasteiger partial charge is 0.226 e. The van der Waals surface area contributed by atoms with Crippen LogP contribution in [0.3, 0.4) is 0 Å². The van der Waals surface area contributed by atoms with Crippen LogP contribution in [0.5, 0.6) is 0 Å². The molecule has 126 valence electrons. The first-order chi connectivity index (χ1) is 11.3. The third kappa shape index (κ3) is 4.10. The van der Waals surface area contributed by atoms with Gasteiger partial charge < -0.3 is 9.42 Å². The molecular weight excluding hydrogens is 292 g/mol. The fourth-order valence-electron chi connectivity index (χ4n) is 3.27. The Kier molecular flexibility index (Phi) is 4.33. The molecule has 1 saturated heterocycles. The summed E-state index contributed by atoms with van der Waals surface area (Å²) >= 11 is 0. The van der Waals surface area contributed by atoms with E-state index < -0.39 is 0 Å². The molecule has 1 amide bonds. The standard InChI is InChI=1S/C17H26N4O2/c22-16(21-10-8-20(9-11-21)12-13-4-5-13)3-1-2-15-18-17(19-23-15)14-6-7-14/h13-14H,1-12H2. The molecule has 6 nitrogen and oxygen atoms in total. The van der Waals surface area contributed by atoms with E-state index in [1.54, 1.807) is 0 Å². The highest BCUT2D eigenvalue weighted by molar-refractivity contribution is 5.76. The Hall–Kier alpha value is -1.43. The van der Waals surface area contributed by atoms with Crippen molar-refractivity contribution in [1.29, 1.82) is 0 Å². The minimum atomic E-state index is 0.276. The van der Waals surface area contributed by atoms with E-state index in [-0.39, 0.29) is 5.91 Å². The van der Waals surface area contributed by atoms with Crippen molar-refractivity contribution >= 4 is 5.91 Å². The zero-order valence-electron chi connectivity index (χ0n) is 13.7. The van der Waals surface area contributed by atoms with Crippen molar-refractivity contribution in [2.45, 2.75) is 50.9 Å². The Morgan fingerprint density at radius 2 is 1.91 bits per heavy atom. The van der Waals surface area contributed by atoms with Gasteiger partial charge in [-0.2, -0.15) is 4.98 Å². The number of nitrogens with zero attached hydrogens (tertiary/aromatic N) is 4. The van der Waals surface area contributed by atoms with E-state index in [4.69, 9.17) is 4.52 Å². The molecule has 2 heterocycles. The fourth-order valence-corrected chi connectivity index (χ4v) is 3.27. The molecular formula is C17H26N4O2. The molecule has 6 heteroatoms. The van der Waals surface area contributed by atoms with E-state index in [1.807, 2.05) is 4.90 Å². The third-order valence-electron chi connectivity index (χ3n) is 5.15. The van der Waals surface area contributed by atoms with Crippen LogP contribution in [0.1, 0.15) is 56.2 Å². The monoisotopic (exact) mass is 318 g/mol. The van der Waals surface area contributed by atoms with Crippen molar-refractivity contribution in [1.82, 2.24) is 19.9 Å². The maximum absolute atomic E-state index is 12.3.